The Labute approximate surface area is 159 Å². The minimum atomic E-state index is -0.639. The van der Waals surface area contributed by atoms with Gasteiger partial charge in [0.1, 0.15) is 11.5 Å². The Morgan fingerprint density at radius 2 is 1.85 bits per heavy atom. The van der Waals surface area contributed by atoms with Crippen molar-refractivity contribution in [2.75, 3.05) is 13.2 Å². The SMILES string of the molecule is C=CCCOc1ccc(C(=O)Oc2ccc(OC[C@@H](C)CC)cc2)cc1F. The molecule has 0 saturated carbocycles. The Balaban J connectivity index is 1.94. The summed E-state index contributed by atoms with van der Waals surface area (Å²) in [5, 5.41) is 0. The van der Waals surface area contributed by atoms with Gasteiger partial charge in [-0.1, -0.05) is 26.3 Å². The van der Waals surface area contributed by atoms with Crippen molar-refractivity contribution in [1.82, 2.24) is 0 Å². The fourth-order valence-corrected chi connectivity index (χ4v) is 2.12. The summed E-state index contributed by atoms with van der Waals surface area (Å²) >= 11 is 0. The minimum absolute atomic E-state index is 0.0937. The van der Waals surface area contributed by atoms with Crippen LogP contribution in [0.2, 0.25) is 0 Å². The molecule has 2 aromatic rings. The molecule has 0 aromatic heterocycles. The van der Waals surface area contributed by atoms with Crippen molar-refractivity contribution in [1.29, 1.82) is 0 Å². The lowest BCUT2D eigenvalue weighted by atomic mass is 10.1. The molecule has 0 radical (unpaired) electrons. The molecule has 0 amide bonds. The van der Waals surface area contributed by atoms with Gasteiger partial charge in [0.05, 0.1) is 18.8 Å². The zero-order valence-electron chi connectivity index (χ0n) is 15.7. The van der Waals surface area contributed by atoms with Crippen LogP contribution in [0.5, 0.6) is 17.2 Å². The van der Waals surface area contributed by atoms with Crippen LogP contribution in [0.25, 0.3) is 0 Å². The van der Waals surface area contributed by atoms with E-state index in [1.54, 1.807) is 30.3 Å². The van der Waals surface area contributed by atoms with Crippen molar-refractivity contribution in [2.24, 2.45) is 5.92 Å². The van der Waals surface area contributed by atoms with Crippen molar-refractivity contribution in [2.45, 2.75) is 26.7 Å². The lowest BCUT2D eigenvalue weighted by Gasteiger charge is -2.11. The van der Waals surface area contributed by atoms with Crippen molar-refractivity contribution < 1.29 is 23.4 Å². The van der Waals surface area contributed by atoms with Crippen LogP contribution < -0.4 is 14.2 Å². The monoisotopic (exact) mass is 372 g/mol. The van der Waals surface area contributed by atoms with E-state index in [1.807, 2.05) is 0 Å². The zero-order chi connectivity index (χ0) is 19.6. The molecule has 0 aliphatic carbocycles. The van der Waals surface area contributed by atoms with Gasteiger partial charge in [0.2, 0.25) is 0 Å². The molecule has 0 aliphatic heterocycles. The van der Waals surface area contributed by atoms with Crippen LogP contribution in [0.15, 0.2) is 55.1 Å². The Morgan fingerprint density at radius 3 is 2.48 bits per heavy atom. The molecule has 0 fully saturated rings. The van der Waals surface area contributed by atoms with Gasteiger partial charge in [0.25, 0.3) is 0 Å². The molecule has 1 atom stereocenters. The fraction of sp³-hybridized carbons (Fsp3) is 0.318. The van der Waals surface area contributed by atoms with Gasteiger partial charge in [-0.3, -0.25) is 0 Å². The summed E-state index contributed by atoms with van der Waals surface area (Å²) in [6, 6.07) is 10.8. The minimum Gasteiger partial charge on any atom is -0.493 e. The molecule has 0 bridgehead atoms. The second-order valence-corrected chi connectivity index (χ2v) is 6.26. The van der Waals surface area contributed by atoms with E-state index in [0.717, 1.165) is 12.5 Å². The first-order valence-electron chi connectivity index (χ1n) is 9.01. The Hall–Kier alpha value is -2.82. The fourth-order valence-electron chi connectivity index (χ4n) is 2.12. The van der Waals surface area contributed by atoms with Gasteiger partial charge in [-0.15, -0.1) is 6.58 Å². The topological polar surface area (TPSA) is 44.8 Å². The molecule has 0 heterocycles. The Morgan fingerprint density at radius 1 is 1.15 bits per heavy atom. The van der Waals surface area contributed by atoms with Gasteiger partial charge in [0, 0.05) is 0 Å². The molecule has 144 valence electrons. The molecule has 0 aliphatic rings. The van der Waals surface area contributed by atoms with Crippen LogP contribution in [-0.4, -0.2) is 19.2 Å². The van der Waals surface area contributed by atoms with Gasteiger partial charge in [-0.25, -0.2) is 9.18 Å². The van der Waals surface area contributed by atoms with Crippen LogP contribution in [0.3, 0.4) is 0 Å². The lowest BCUT2D eigenvalue weighted by molar-refractivity contribution is 0.0734. The van der Waals surface area contributed by atoms with E-state index in [-0.39, 0.29) is 11.3 Å². The summed E-state index contributed by atoms with van der Waals surface area (Å²) < 4.78 is 30.3. The highest BCUT2D eigenvalue weighted by molar-refractivity contribution is 5.91. The molecule has 2 aromatic carbocycles. The maximum absolute atomic E-state index is 14.0. The summed E-state index contributed by atoms with van der Waals surface area (Å²) in [6.07, 6.45) is 3.34. The number of carbonyl (C=O) groups excluding carboxylic acids is 1. The van der Waals surface area contributed by atoms with Crippen molar-refractivity contribution in [3.05, 3.63) is 66.5 Å². The summed E-state index contributed by atoms with van der Waals surface area (Å²) in [5.41, 5.74) is 0.112. The number of rotatable bonds is 10. The third-order valence-corrected chi connectivity index (χ3v) is 4.01. The number of benzene rings is 2. The quantitative estimate of drug-likeness (QED) is 0.242. The van der Waals surface area contributed by atoms with Gasteiger partial charge in [0.15, 0.2) is 11.6 Å². The molecule has 0 spiro atoms. The molecular formula is C22H25FO4. The van der Waals surface area contributed by atoms with E-state index in [9.17, 15) is 9.18 Å². The number of esters is 1. The first-order chi connectivity index (χ1) is 13.0. The Kier molecular flexibility index (Phi) is 7.86. The van der Waals surface area contributed by atoms with Gasteiger partial charge in [-0.2, -0.15) is 0 Å². The van der Waals surface area contributed by atoms with E-state index >= 15 is 0 Å². The first kappa shape index (κ1) is 20.5. The summed E-state index contributed by atoms with van der Waals surface area (Å²) in [5.74, 6) is 0.393. The normalized spacial score (nSPS) is 11.5. The second-order valence-electron chi connectivity index (χ2n) is 6.26. The number of carbonyl (C=O) groups is 1. The van der Waals surface area contributed by atoms with Gasteiger partial charge >= 0.3 is 5.97 Å². The number of ether oxygens (including phenoxy) is 3. The number of hydrogen-bond acceptors (Lipinski definition) is 4. The van der Waals surface area contributed by atoms with Gasteiger partial charge in [-0.05, 0) is 54.8 Å². The third-order valence-electron chi connectivity index (χ3n) is 4.01. The average molecular weight is 372 g/mol. The maximum atomic E-state index is 14.0. The van der Waals surface area contributed by atoms with E-state index in [0.29, 0.717) is 37.1 Å². The molecule has 5 heteroatoms. The molecule has 0 N–H and O–H groups in total. The molecular weight excluding hydrogens is 347 g/mol. The summed E-state index contributed by atoms with van der Waals surface area (Å²) in [4.78, 5) is 12.2. The van der Waals surface area contributed by atoms with E-state index in [2.05, 4.69) is 20.4 Å². The third kappa shape index (κ3) is 6.44. The smallest absolute Gasteiger partial charge is 0.343 e. The summed E-state index contributed by atoms with van der Waals surface area (Å²) in [7, 11) is 0. The van der Waals surface area contributed by atoms with Gasteiger partial charge < -0.3 is 14.2 Å². The highest BCUT2D eigenvalue weighted by Crippen LogP contribution is 2.22. The van der Waals surface area contributed by atoms with E-state index in [1.165, 1.54) is 12.1 Å². The Bertz CT molecular complexity index is 755. The highest BCUT2D eigenvalue weighted by Gasteiger charge is 2.13. The average Bonchev–Trinajstić information content (AvgIpc) is 2.68. The van der Waals surface area contributed by atoms with E-state index in [4.69, 9.17) is 14.2 Å². The van der Waals surface area contributed by atoms with Crippen LogP contribution in [0, 0.1) is 11.7 Å². The standard InChI is InChI=1S/C22H25FO4/c1-4-6-13-25-21-12-7-17(14-20(21)23)22(24)27-19-10-8-18(9-11-19)26-15-16(3)5-2/h4,7-12,14,16H,1,5-6,13,15H2,2-3H3/t16-/m0/s1. The van der Waals surface area contributed by atoms with Crippen LogP contribution in [0.1, 0.15) is 37.0 Å². The number of halogens is 1. The van der Waals surface area contributed by atoms with Crippen molar-refractivity contribution >= 4 is 5.97 Å². The van der Waals surface area contributed by atoms with Crippen molar-refractivity contribution in [3.8, 4) is 17.2 Å². The molecule has 27 heavy (non-hydrogen) atoms. The summed E-state index contributed by atoms with van der Waals surface area (Å²) in [6.45, 7) is 8.77. The van der Waals surface area contributed by atoms with Crippen molar-refractivity contribution in [3.63, 3.8) is 0 Å². The van der Waals surface area contributed by atoms with E-state index < -0.39 is 11.8 Å². The first-order valence-corrected chi connectivity index (χ1v) is 9.01. The molecule has 0 saturated heterocycles. The van der Waals surface area contributed by atoms with Crippen LogP contribution >= 0.6 is 0 Å². The lowest BCUT2D eigenvalue weighted by Crippen LogP contribution is -2.10. The zero-order valence-corrected chi connectivity index (χ0v) is 15.7. The largest absolute Gasteiger partial charge is 0.493 e. The number of hydrogen-bond donors (Lipinski definition) is 0. The predicted octanol–water partition coefficient (Wildman–Crippen LogP) is 5.42. The van der Waals surface area contributed by atoms with Crippen LogP contribution in [0.4, 0.5) is 4.39 Å². The molecule has 4 nitrogen and oxygen atoms in total. The highest BCUT2D eigenvalue weighted by atomic mass is 19.1. The maximum Gasteiger partial charge on any atom is 0.343 e. The predicted molar refractivity (Wildman–Crippen MR) is 103 cm³/mol. The second kappa shape index (κ2) is 10.4. The van der Waals surface area contributed by atoms with Crippen LogP contribution in [-0.2, 0) is 0 Å². The molecule has 2 rings (SSSR count). The molecule has 0 unspecified atom stereocenters.